The number of halogens is 2. The molecule has 1 aliphatic rings. The Labute approximate surface area is 105 Å². The van der Waals surface area contributed by atoms with Gasteiger partial charge in [-0.15, -0.1) is 0 Å². The zero-order valence-electron chi connectivity index (χ0n) is 9.75. The Morgan fingerprint density at radius 3 is 2.88 bits per heavy atom. The molecule has 1 N–H and O–H groups in total. The highest BCUT2D eigenvalue weighted by Crippen LogP contribution is 2.40. The molecule has 2 atom stereocenters. The Balaban J connectivity index is 2.41. The van der Waals surface area contributed by atoms with Crippen LogP contribution in [0.2, 0.25) is 5.02 Å². The molecule has 2 nitrogen and oxygen atoms in total. The predicted molar refractivity (Wildman–Crippen MR) is 64.6 cm³/mol. The van der Waals surface area contributed by atoms with Gasteiger partial charge in [-0.2, -0.15) is 0 Å². The smallest absolute Gasteiger partial charge is 0.130 e. The van der Waals surface area contributed by atoms with Crippen LogP contribution in [0, 0.1) is 5.82 Å². The van der Waals surface area contributed by atoms with Crippen LogP contribution in [0.15, 0.2) is 18.2 Å². The van der Waals surface area contributed by atoms with Crippen LogP contribution in [0.25, 0.3) is 0 Å². The van der Waals surface area contributed by atoms with Gasteiger partial charge in [0.2, 0.25) is 0 Å². The van der Waals surface area contributed by atoms with Crippen molar-refractivity contribution in [3.05, 3.63) is 34.6 Å². The molecule has 4 heteroatoms. The summed E-state index contributed by atoms with van der Waals surface area (Å²) in [5.74, 6) is -0.469. The molecule has 0 bridgehead atoms. The maximum absolute atomic E-state index is 13.9. The summed E-state index contributed by atoms with van der Waals surface area (Å²) >= 11 is 5.72. The van der Waals surface area contributed by atoms with E-state index in [1.54, 1.807) is 19.2 Å². The van der Waals surface area contributed by atoms with Crippen molar-refractivity contribution >= 4 is 11.6 Å². The van der Waals surface area contributed by atoms with Gasteiger partial charge >= 0.3 is 0 Å². The zero-order chi connectivity index (χ0) is 12.5. The molecular weight excluding hydrogens is 243 g/mol. The van der Waals surface area contributed by atoms with Crippen molar-refractivity contribution in [2.75, 3.05) is 7.11 Å². The molecule has 94 valence electrons. The van der Waals surface area contributed by atoms with E-state index in [1.807, 2.05) is 0 Å². The molecule has 17 heavy (non-hydrogen) atoms. The van der Waals surface area contributed by atoms with E-state index in [0.717, 1.165) is 19.3 Å². The molecule has 2 rings (SSSR count). The minimum Gasteiger partial charge on any atom is -0.382 e. The van der Waals surface area contributed by atoms with Gasteiger partial charge in [-0.25, -0.2) is 4.39 Å². The molecule has 1 saturated carbocycles. The fraction of sp³-hybridized carbons (Fsp3) is 0.538. The Kier molecular flexibility index (Phi) is 3.71. The van der Waals surface area contributed by atoms with Crippen molar-refractivity contribution in [2.24, 2.45) is 0 Å². The van der Waals surface area contributed by atoms with E-state index in [4.69, 9.17) is 16.3 Å². The van der Waals surface area contributed by atoms with E-state index in [-0.39, 0.29) is 11.7 Å². The van der Waals surface area contributed by atoms with Crippen LogP contribution in [-0.2, 0) is 10.3 Å². The minimum atomic E-state index is -1.23. The molecule has 0 aromatic heterocycles. The molecule has 0 spiro atoms. The standard InChI is InChI=1S/C13H16ClFO2/c1-17-12-4-2-3-7-13(12,16)10-6-5-9(14)8-11(10)15/h5-6,8,12,16H,2-4,7H2,1H3. The molecule has 0 aliphatic heterocycles. The van der Waals surface area contributed by atoms with Crippen molar-refractivity contribution in [1.82, 2.24) is 0 Å². The van der Waals surface area contributed by atoms with Crippen molar-refractivity contribution in [3.63, 3.8) is 0 Å². The Morgan fingerprint density at radius 1 is 1.47 bits per heavy atom. The van der Waals surface area contributed by atoms with Crippen LogP contribution in [0.3, 0.4) is 0 Å². The van der Waals surface area contributed by atoms with Gasteiger partial charge in [0.1, 0.15) is 11.4 Å². The fourth-order valence-corrected chi connectivity index (χ4v) is 2.74. The maximum Gasteiger partial charge on any atom is 0.130 e. The minimum absolute atomic E-state index is 0.286. The average Bonchev–Trinajstić information content (AvgIpc) is 2.29. The van der Waals surface area contributed by atoms with Crippen LogP contribution in [0.4, 0.5) is 4.39 Å². The molecular formula is C13H16ClFO2. The number of benzene rings is 1. The van der Waals surface area contributed by atoms with Crippen molar-refractivity contribution in [1.29, 1.82) is 0 Å². The molecule has 0 amide bonds. The van der Waals surface area contributed by atoms with Gasteiger partial charge in [0.05, 0.1) is 6.10 Å². The first-order valence-corrected chi connectivity index (χ1v) is 6.16. The first kappa shape index (κ1) is 12.8. The molecule has 0 radical (unpaired) electrons. The number of methoxy groups -OCH3 is 1. The summed E-state index contributed by atoms with van der Waals surface area (Å²) < 4.78 is 19.2. The second-order valence-corrected chi connectivity index (χ2v) is 4.95. The van der Waals surface area contributed by atoms with Crippen molar-refractivity contribution < 1.29 is 14.2 Å². The quantitative estimate of drug-likeness (QED) is 0.882. The van der Waals surface area contributed by atoms with E-state index < -0.39 is 11.4 Å². The van der Waals surface area contributed by atoms with Gasteiger partial charge in [-0.05, 0) is 25.0 Å². The SMILES string of the molecule is COC1CCCCC1(O)c1ccc(Cl)cc1F. The average molecular weight is 259 g/mol. The molecule has 1 aromatic carbocycles. The van der Waals surface area contributed by atoms with Gasteiger partial charge in [-0.1, -0.05) is 30.5 Å². The van der Waals surface area contributed by atoms with Crippen LogP contribution in [0.5, 0.6) is 0 Å². The molecule has 1 aromatic rings. The van der Waals surface area contributed by atoms with Gasteiger partial charge < -0.3 is 9.84 Å². The van der Waals surface area contributed by atoms with Crippen molar-refractivity contribution in [3.8, 4) is 0 Å². The number of hydrogen-bond acceptors (Lipinski definition) is 2. The molecule has 0 saturated heterocycles. The first-order valence-electron chi connectivity index (χ1n) is 5.78. The number of aliphatic hydroxyl groups is 1. The highest BCUT2D eigenvalue weighted by Gasteiger charge is 2.42. The summed E-state index contributed by atoms with van der Waals surface area (Å²) in [6, 6.07) is 4.38. The van der Waals surface area contributed by atoms with E-state index in [9.17, 15) is 9.50 Å². The molecule has 1 fully saturated rings. The summed E-state index contributed by atoms with van der Waals surface area (Å²) in [7, 11) is 1.55. The lowest BCUT2D eigenvalue weighted by Gasteiger charge is -2.39. The first-order chi connectivity index (χ1) is 8.08. The largest absolute Gasteiger partial charge is 0.382 e. The van der Waals surface area contributed by atoms with E-state index in [0.29, 0.717) is 11.4 Å². The van der Waals surface area contributed by atoms with Gasteiger partial charge in [0, 0.05) is 17.7 Å². The number of hydrogen-bond donors (Lipinski definition) is 1. The van der Waals surface area contributed by atoms with Crippen LogP contribution >= 0.6 is 11.6 Å². The molecule has 1 aliphatic carbocycles. The highest BCUT2D eigenvalue weighted by atomic mass is 35.5. The Hall–Kier alpha value is -0.640. The third kappa shape index (κ3) is 2.32. The van der Waals surface area contributed by atoms with Crippen LogP contribution in [-0.4, -0.2) is 18.3 Å². The molecule has 2 unspecified atom stereocenters. The summed E-state index contributed by atoms with van der Waals surface area (Å²) in [4.78, 5) is 0. The van der Waals surface area contributed by atoms with Gasteiger partial charge in [-0.3, -0.25) is 0 Å². The number of ether oxygens (including phenoxy) is 1. The third-order valence-electron chi connectivity index (χ3n) is 3.49. The Bertz CT molecular complexity index is 410. The number of rotatable bonds is 2. The monoisotopic (exact) mass is 258 g/mol. The van der Waals surface area contributed by atoms with Crippen molar-refractivity contribution in [2.45, 2.75) is 37.4 Å². The summed E-state index contributed by atoms with van der Waals surface area (Å²) in [5.41, 5.74) is -0.949. The van der Waals surface area contributed by atoms with Crippen LogP contribution < -0.4 is 0 Å². The van der Waals surface area contributed by atoms with E-state index >= 15 is 0 Å². The third-order valence-corrected chi connectivity index (χ3v) is 3.72. The zero-order valence-corrected chi connectivity index (χ0v) is 10.5. The Morgan fingerprint density at radius 2 is 2.24 bits per heavy atom. The van der Waals surface area contributed by atoms with Gasteiger partial charge in [0.25, 0.3) is 0 Å². The predicted octanol–water partition coefficient (Wildman–Crippen LogP) is 3.26. The lowest BCUT2D eigenvalue weighted by molar-refractivity contribution is -0.124. The normalized spacial score (nSPS) is 29.3. The lowest BCUT2D eigenvalue weighted by atomic mass is 9.77. The molecule has 0 heterocycles. The van der Waals surface area contributed by atoms with E-state index in [1.165, 1.54) is 6.07 Å². The summed E-state index contributed by atoms with van der Waals surface area (Å²) in [5, 5.41) is 11.0. The fourth-order valence-electron chi connectivity index (χ4n) is 2.59. The van der Waals surface area contributed by atoms with Gasteiger partial charge in [0.15, 0.2) is 0 Å². The second-order valence-electron chi connectivity index (χ2n) is 4.52. The topological polar surface area (TPSA) is 29.5 Å². The maximum atomic E-state index is 13.9. The lowest BCUT2D eigenvalue weighted by Crippen LogP contribution is -2.44. The second kappa shape index (κ2) is 4.92. The summed E-state index contributed by atoms with van der Waals surface area (Å²) in [6.45, 7) is 0. The highest BCUT2D eigenvalue weighted by molar-refractivity contribution is 6.30. The summed E-state index contributed by atoms with van der Waals surface area (Å²) in [6.07, 6.45) is 2.78. The van der Waals surface area contributed by atoms with Crippen LogP contribution in [0.1, 0.15) is 31.2 Å². The van der Waals surface area contributed by atoms with E-state index in [2.05, 4.69) is 0 Å².